The zero-order valence-electron chi connectivity index (χ0n) is 5.83. The van der Waals surface area contributed by atoms with E-state index < -0.39 is 12.0 Å². The Balaban J connectivity index is 0.000000810. The molecule has 0 aromatic carbocycles. The second-order valence-electron chi connectivity index (χ2n) is 2.97. The zero-order valence-corrected chi connectivity index (χ0v) is 6.65. The monoisotopic (exact) mass is 165 g/mol. The predicted octanol–water partition coefficient (Wildman–Crippen LogP) is 0.620. The Bertz CT molecular complexity index is 145. The summed E-state index contributed by atoms with van der Waals surface area (Å²) in [6, 6.07) is -0.655. The number of nitrogens with two attached hydrogens (primary N) is 1. The van der Waals surface area contributed by atoms with Crippen LogP contribution in [0.25, 0.3) is 0 Å². The molecule has 60 valence electrons. The lowest BCUT2D eigenvalue weighted by Crippen LogP contribution is -2.37. The molecule has 1 unspecified atom stereocenters. The Morgan fingerprint density at radius 3 is 2.20 bits per heavy atom. The molecule has 3 nitrogen and oxygen atoms in total. The molecule has 1 aliphatic rings. The molecule has 0 amide bonds. The van der Waals surface area contributed by atoms with Gasteiger partial charge >= 0.3 is 5.97 Å². The lowest BCUT2D eigenvalue weighted by molar-refractivity contribution is -0.140. The van der Waals surface area contributed by atoms with E-state index in [1.807, 2.05) is 6.92 Å². The molecule has 10 heavy (non-hydrogen) atoms. The zero-order chi connectivity index (χ0) is 7.07. The largest absolute Gasteiger partial charge is 0.480 e. The highest BCUT2D eigenvalue weighted by molar-refractivity contribution is 5.85. The maximum atomic E-state index is 10.3. The molecule has 0 aromatic heterocycles. The third kappa shape index (κ3) is 1.61. The number of aliphatic carboxylic acids is 1. The summed E-state index contributed by atoms with van der Waals surface area (Å²) in [6.45, 7) is 1.91. The van der Waals surface area contributed by atoms with Crippen molar-refractivity contribution in [2.24, 2.45) is 11.1 Å². The van der Waals surface area contributed by atoms with Crippen LogP contribution in [0.3, 0.4) is 0 Å². The molecular formula is C6H12ClNO2. The van der Waals surface area contributed by atoms with Gasteiger partial charge in [-0.2, -0.15) is 0 Å². The predicted molar refractivity (Wildman–Crippen MR) is 40.2 cm³/mol. The number of carboxylic acids is 1. The summed E-state index contributed by atoms with van der Waals surface area (Å²) in [5.74, 6) is -0.880. The van der Waals surface area contributed by atoms with Gasteiger partial charge < -0.3 is 10.8 Å². The summed E-state index contributed by atoms with van der Waals surface area (Å²) in [5.41, 5.74) is 5.27. The van der Waals surface area contributed by atoms with Gasteiger partial charge in [-0.25, -0.2) is 0 Å². The second kappa shape index (κ2) is 2.76. The normalized spacial score (nSPS) is 22.6. The van der Waals surface area contributed by atoms with Crippen molar-refractivity contribution in [3.63, 3.8) is 0 Å². The van der Waals surface area contributed by atoms with E-state index in [4.69, 9.17) is 10.8 Å². The molecule has 1 aliphatic carbocycles. The second-order valence-corrected chi connectivity index (χ2v) is 2.97. The molecule has 0 saturated heterocycles. The number of carbonyl (C=O) groups is 1. The molecule has 0 radical (unpaired) electrons. The standard InChI is InChI=1S/C6H11NO2.ClH/c1-6(2-3-6)4(7)5(8)9;/h4H,2-3,7H2,1H3,(H,8,9);1H. The van der Waals surface area contributed by atoms with Crippen LogP contribution in [0.1, 0.15) is 19.8 Å². The van der Waals surface area contributed by atoms with Crippen molar-refractivity contribution in [3.8, 4) is 0 Å². The molecule has 0 aromatic rings. The highest BCUT2D eigenvalue weighted by Gasteiger charge is 2.46. The van der Waals surface area contributed by atoms with Crippen molar-refractivity contribution in [2.75, 3.05) is 0 Å². The number of carboxylic acid groups (broad SMARTS) is 1. The Morgan fingerprint density at radius 2 is 2.10 bits per heavy atom. The van der Waals surface area contributed by atoms with Crippen LogP contribution < -0.4 is 5.73 Å². The minimum absolute atomic E-state index is 0. The van der Waals surface area contributed by atoms with E-state index in [1.54, 1.807) is 0 Å². The van der Waals surface area contributed by atoms with Gasteiger partial charge in [0.15, 0.2) is 0 Å². The van der Waals surface area contributed by atoms with Crippen molar-refractivity contribution in [1.82, 2.24) is 0 Å². The fourth-order valence-corrected chi connectivity index (χ4v) is 0.806. The summed E-state index contributed by atoms with van der Waals surface area (Å²) in [5, 5.41) is 8.43. The molecule has 0 bridgehead atoms. The fraction of sp³-hybridized carbons (Fsp3) is 0.833. The van der Waals surface area contributed by atoms with Gasteiger partial charge in [0, 0.05) is 0 Å². The van der Waals surface area contributed by atoms with Crippen LogP contribution in [0.4, 0.5) is 0 Å². The Hall–Kier alpha value is -0.280. The molecule has 1 saturated carbocycles. The number of hydrogen-bond donors (Lipinski definition) is 2. The van der Waals surface area contributed by atoms with Crippen LogP contribution in [-0.4, -0.2) is 17.1 Å². The van der Waals surface area contributed by atoms with Crippen LogP contribution in [-0.2, 0) is 4.79 Å². The number of hydrogen-bond acceptors (Lipinski definition) is 2. The molecule has 0 heterocycles. The van der Waals surface area contributed by atoms with Crippen molar-refractivity contribution < 1.29 is 9.90 Å². The van der Waals surface area contributed by atoms with Gasteiger partial charge in [-0.15, -0.1) is 12.4 Å². The maximum Gasteiger partial charge on any atom is 0.321 e. The molecular weight excluding hydrogens is 154 g/mol. The Labute approximate surface area is 66.0 Å². The molecule has 4 heteroatoms. The summed E-state index contributed by atoms with van der Waals surface area (Å²) in [6.07, 6.45) is 1.92. The first kappa shape index (κ1) is 9.72. The molecule has 1 rings (SSSR count). The van der Waals surface area contributed by atoms with Crippen molar-refractivity contribution in [2.45, 2.75) is 25.8 Å². The average molecular weight is 166 g/mol. The molecule has 3 N–H and O–H groups in total. The highest BCUT2D eigenvalue weighted by atomic mass is 35.5. The summed E-state index contributed by atoms with van der Waals surface area (Å²) in [7, 11) is 0. The molecule has 1 fully saturated rings. The summed E-state index contributed by atoms with van der Waals surface area (Å²) >= 11 is 0. The minimum Gasteiger partial charge on any atom is -0.480 e. The smallest absolute Gasteiger partial charge is 0.321 e. The number of halogens is 1. The van der Waals surface area contributed by atoms with E-state index in [9.17, 15) is 4.79 Å². The van der Waals surface area contributed by atoms with Gasteiger partial charge in [-0.05, 0) is 18.3 Å². The molecule has 0 aliphatic heterocycles. The van der Waals surface area contributed by atoms with Crippen molar-refractivity contribution in [3.05, 3.63) is 0 Å². The third-order valence-corrected chi connectivity index (χ3v) is 2.06. The quantitative estimate of drug-likeness (QED) is 0.631. The van der Waals surface area contributed by atoms with E-state index in [-0.39, 0.29) is 17.8 Å². The summed E-state index contributed by atoms with van der Waals surface area (Å²) in [4.78, 5) is 10.3. The average Bonchev–Trinajstić information content (AvgIpc) is 2.47. The van der Waals surface area contributed by atoms with Gasteiger partial charge in [0.2, 0.25) is 0 Å². The third-order valence-electron chi connectivity index (χ3n) is 2.06. The van der Waals surface area contributed by atoms with E-state index >= 15 is 0 Å². The summed E-state index contributed by atoms with van der Waals surface area (Å²) < 4.78 is 0. The van der Waals surface area contributed by atoms with E-state index in [2.05, 4.69) is 0 Å². The first-order chi connectivity index (χ1) is 4.06. The maximum absolute atomic E-state index is 10.3. The minimum atomic E-state index is -0.880. The topological polar surface area (TPSA) is 63.3 Å². The van der Waals surface area contributed by atoms with Crippen molar-refractivity contribution >= 4 is 18.4 Å². The number of rotatable bonds is 2. The van der Waals surface area contributed by atoms with Crippen LogP contribution in [0.2, 0.25) is 0 Å². The van der Waals surface area contributed by atoms with Gasteiger partial charge in [-0.3, -0.25) is 4.79 Å². The highest BCUT2D eigenvalue weighted by Crippen LogP contribution is 2.47. The van der Waals surface area contributed by atoms with Crippen LogP contribution in [0, 0.1) is 5.41 Å². The lowest BCUT2D eigenvalue weighted by atomic mass is 10.0. The van der Waals surface area contributed by atoms with Crippen LogP contribution in [0.5, 0.6) is 0 Å². The first-order valence-electron chi connectivity index (χ1n) is 3.05. The fourth-order valence-electron chi connectivity index (χ4n) is 0.806. The van der Waals surface area contributed by atoms with Crippen LogP contribution in [0.15, 0.2) is 0 Å². The van der Waals surface area contributed by atoms with Gasteiger partial charge in [0.25, 0.3) is 0 Å². The van der Waals surface area contributed by atoms with E-state index in [0.717, 1.165) is 12.8 Å². The van der Waals surface area contributed by atoms with E-state index in [1.165, 1.54) is 0 Å². The lowest BCUT2D eigenvalue weighted by Gasteiger charge is -2.12. The van der Waals surface area contributed by atoms with Gasteiger partial charge in [0.05, 0.1) is 0 Å². The first-order valence-corrected chi connectivity index (χ1v) is 3.05. The van der Waals surface area contributed by atoms with Gasteiger partial charge in [-0.1, -0.05) is 6.92 Å². The Kier molecular flexibility index (Phi) is 2.68. The Morgan fingerprint density at radius 1 is 1.70 bits per heavy atom. The van der Waals surface area contributed by atoms with Gasteiger partial charge in [0.1, 0.15) is 6.04 Å². The van der Waals surface area contributed by atoms with Crippen molar-refractivity contribution in [1.29, 1.82) is 0 Å². The molecule has 1 atom stereocenters. The van der Waals surface area contributed by atoms with Crippen LogP contribution >= 0.6 is 12.4 Å². The van der Waals surface area contributed by atoms with E-state index in [0.29, 0.717) is 0 Å². The molecule has 0 spiro atoms. The SMILES string of the molecule is CC1(C(N)C(=O)O)CC1.Cl.